The minimum absolute atomic E-state index is 0.266. The van der Waals surface area contributed by atoms with Crippen LogP contribution in [0.15, 0.2) is 12.4 Å². The minimum atomic E-state index is -0.276. The van der Waals surface area contributed by atoms with E-state index in [0.29, 0.717) is 12.2 Å². The summed E-state index contributed by atoms with van der Waals surface area (Å²) in [4.78, 5) is 11.7. The Morgan fingerprint density at radius 1 is 1.40 bits per heavy atom. The van der Waals surface area contributed by atoms with Crippen molar-refractivity contribution < 1.29 is 4.79 Å². The standard InChI is InChI=1S/C12H18N6OS/c1-4-10-16-17-11(20-10)6-13-12(19)15-9-5-14-18(7-9)8(2)3/h5,7-8H,4,6H2,1-3H3,(H2,13,15,19). The van der Waals surface area contributed by atoms with E-state index in [0.717, 1.165) is 16.4 Å². The summed E-state index contributed by atoms with van der Waals surface area (Å²) >= 11 is 1.51. The molecule has 2 aromatic rings. The zero-order valence-electron chi connectivity index (χ0n) is 11.8. The zero-order valence-corrected chi connectivity index (χ0v) is 12.6. The van der Waals surface area contributed by atoms with Crippen molar-refractivity contribution in [2.45, 2.75) is 39.8 Å². The molecule has 0 bridgehead atoms. The fourth-order valence-electron chi connectivity index (χ4n) is 1.52. The number of hydrogen-bond donors (Lipinski definition) is 2. The van der Waals surface area contributed by atoms with E-state index in [-0.39, 0.29) is 12.1 Å². The van der Waals surface area contributed by atoms with E-state index in [4.69, 9.17) is 0 Å². The SMILES string of the molecule is CCc1nnc(CNC(=O)Nc2cnn(C(C)C)c2)s1. The molecule has 0 saturated heterocycles. The van der Waals surface area contributed by atoms with Gasteiger partial charge in [0.25, 0.3) is 0 Å². The van der Waals surface area contributed by atoms with Crippen LogP contribution in [0.4, 0.5) is 10.5 Å². The van der Waals surface area contributed by atoms with Crippen molar-refractivity contribution in [3.8, 4) is 0 Å². The highest BCUT2D eigenvalue weighted by Gasteiger charge is 2.07. The first-order valence-corrected chi connectivity index (χ1v) is 7.30. The molecule has 2 amide bonds. The second-order valence-electron chi connectivity index (χ2n) is 4.55. The van der Waals surface area contributed by atoms with E-state index < -0.39 is 0 Å². The van der Waals surface area contributed by atoms with Gasteiger partial charge in [0.05, 0.1) is 18.4 Å². The quantitative estimate of drug-likeness (QED) is 0.885. The van der Waals surface area contributed by atoms with Gasteiger partial charge in [0.2, 0.25) is 0 Å². The Labute approximate surface area is 121 Å². The molecular weight excluding hydrogens is 276 g/mol. The number of aryl methyl sites for hydroxylation is 1. The molecule has 0 spiro atoms. The summed E-state index contributed by atoms with van der Waals surface area (Å²) in [7, 11) is 0. The van der Waals surface area contributed by atoms with Gasteiger partial charge < -0.3 is 10.6 Å². The van der Waals surface area contributed by atoms with Crippen molar-refractivity contribution in [2.24, 2.45) is 0 Å². The first kappa shape index (κ1) is 14.4. The highest BCUT2D eigenvalue weighted by Crippen LogP contribution is 2.11. The number of carbonyl (C=O) groups excluding carboxylic acids is 1. The second kappa shape index (κ2) is 6.47. The maximum Gasteiger partial charge on any atom is 0.319 e. The summed E-state index contributed by atoms with van der Waals surface area (Å²) in [6.45, 7) is 6.45. The minimum Gasteiger partial charge on any atom is -0.331 e. The van der Waals surface area contributed by atoms with Gasteiger partial charge in [-0.2, -0.15) is 5.10 Å². The van der Waals surface area contributed by atoms with E-state index in [2.05, 4.69) is 25.9 Å². The molecule has 0 aliphatic heterocycles. The molecule has 108 valence electrons. The number of urea groups is 1. The van der Waals surface area contributed by atoms with Crippen LogP contribution in [-0.4, -0.2) is 26.0 Å². The first-order chi connectivity index (χ1) is 9.58. The third-order valence-corrected chi connectivity index (χ3v) is 3.67. The van der Waals surface area contributed by atoms with Crippen molar-refractivity contribution >= 4 is 23.1 Å². The largest absolute Gasteiger partial charge is 0.331 e. The van der Waals surface area contributed by atoms with Crippen LogP contribution in [0.5, 0.6) is 0 Å². The number of anilines is 1. The van der Waals surface area contributed by atoms with Gasteiger partial charge in [0, 0.05) is 12.2 Å². The fraction of sp³-hybridized carbons (Fsp3) is 0.500. The highest BCUT2D eigenvalue weighted by atomic mass is 32.1. The van der Waals surface area contributed by atoms with Gasteiger partial charge in [-0.3, -0.25) is 4.68 Å². The molecule has 2 rings (SSSR count). The Morgan fingerprint density at radius 2 is 2.15 bits per heavy atom. The molecule has 20 heavy (non-hydrogen) atoms. The predicted molar refractivity (Wildman–Crippen MR) is 77.8 cm³/mol. The zero-order chi connectivity index (χ0) is 14.5. The number of hydrogen-bond acceptors (Lipinski definition) is 5. The molecule has 2 heterocycles. The summed E-state index contributed by atoms with van der Waals surface area (Å²) < 4.78 is 1.79. The van der Waals surface area contributed by atoms with Crippen LogP contribution in [0.25, 0.3) is 0 Å². The summed E-state index contributed by atoms with van der Waals surface area (Å²) in [6, 6.07) is -0.0102. The lowest BCUT2D eigenvalue weighted by Crippen LogP contribution is -2.28. The molecule has 0 unspecified atom stereocenters. The molecule has 7 nitrogen and oxygen atoms in total. The Bertz CT molecular complexity index is 576. The Balaban J connectivity index is 1.82. The van der Waals surface area contributed by atoms with Crippen LogP contribution in [0, 0.1) is 0 Å². The Kier molecular flexibility index (Phi) is 4.67. The smallest absolute Gasteiger partial charge is 0.319 e. The summed E-state index contributed by atoms with van der Waals surface area (Å²) in [5, 5.41) is 19.4. The lowest BCUT2D eigenvalue weighted by atomic mass is 10.4. The molecule has 0 aliphatic carbocycles. The fourth-order valence-corrected chi connectivity index (χ4v) is 2.24. The third-order valence-electron chi connectivity index (χ3n) is 2.60. The number of aromatic nitrogens is 4. The van der Waals surface area contributed by atoms with Gasteiger partial charge in [-0.05, 0) is 20.3 Å². The van der Waals surface area contributed by atoms with Gasteiger partial charge in [0.1, 0.15) is 10.0 Å². The molecule has 8 heteroatoms. The van der Waals surface area contributed by atoms with Gasteiger partial charge in [-0.1, -0.05) is 18.3 Å². The highest BCUT2D eigenvalue weighted by molar-refractivity contribution is 7.11. The van der Waals surface area contributed by atoms with E-state index in [1.54, 1.807) is 17.1 Å². The molecule has 2 aromatic heterocycles. The monoisotopic (exact) mass is 294 g/mol. The Morgan fingerprint density at radius 3 is 2.75 bits per heavy atom. The molecule has 0 atom stereocenters. The van der Waals surface area contributed by atoms with Crippen molar-refractivity contribution in [3.63, 3.8) is 0 Å². The summed E-state index contributed by atoms with van der Waals surface area (Å²) in [6.07, 6.45) is 4.28. The molecule has 0 aliphatic rings. The Hall–Kier alpha value is -1.96. The van der Waals surface area contributed by atoms with Crippen molar-refractivity contribution in [2.75, 3.05) is 5.32 Å². The normalized spacial score (nSPS) is 10.8. The average Bonchev–Trinajstić information content (AvgIpc) is 3.04. The molecule has 0 aromatic carbocycles. The van der Waals surface area contributed by atoms with Crippen LogP contribution in [0.3, 0.4) is 0 Å². The van der Waals surface area contributed by atoms with Crippen molar-refractivity contribution in [1.29, 1.82) is 0 Å². The van der Waals surface area contributed by atoms with E-state index >= 15 is 0 Å². The second-order valence-corrected chi connectivity index (χ2v) is 5.70. The molecule has 2 N–H and O–H groups in total. The first-order valence-electron chi connectivity index (χ1n) is 6.48. The number of nitrogens with one attached hydrogen (secondary N) is 2. The van der Waals surface area contributed by atoms with E-state index in [1.807, 2.05) is 20.8 Å². The average molecular weight is 294 g/mol. The van der Waals surface area contributed by atoms with Crippen LogP contribution < -0.4 is 10.6 Å². The predicted octanol–water partition coefficient (Wildman–Crippen LogP) is 2.20. The maximum absolute atomic E-state index is 11.7. The van der Waals surface area contributed by atoms with Gasteiger partial charge in [-0.15, -0.1) is 10.2 Å². The molecule has 0 fully saturated rings. The molecule has 0 radical (unpaired) electrons. The summed E-state index contributed by atoms with van der Waals surface area (Å²) in [5.74, 6) is 0. The lowest BCUT2D eigenvalue weighted by molar-refractivity contribution is 0.251. The van der Waals surface area contributed by atoms with Crippen molar-refractivity contribution in [1.82, 2.24) is 25.3 Å². The van der Waals surface area contributed by atoms with Crippen LogP contribution in [0.2, 0.25) is 0 Å². The van der Waals surface area contributed by atoms with Crippen LogP contribution in [0.1, 0.15) is 36.8 Å². The molecule has 0 saturated carbocycles. The number of rotatable bonds is 5. The van der Waals surface area contributed by atoms with E-state index in [1.165, 1.54) is 11.3 Å². The number of nitrogens with zero attached hydrogens (tertiary/aromatic N) is 4. The lowest BCUT2D eigenvalue weighted by Gasteiger charge is -2.04. The van der Waals surface area contributed by atoms with Crippen LogP contribution >= 0.6 is 11.3 Å². The van der Waals surface area contributed by atoms with Gasteiger partial charge in [0.15, 0.2) is 0 Å². The maximum atomic E-state index is 11.7. The number of amides is 2. The topological polar surface area (TPSA) is 84.7 Å². The summed E-state index contributed by atoms with van der Waals surface area (Å²) in [5.41, 5.74) is 0.669. The van der Waals surface area contributed by atoms with Gasteiger partial charge >= 0.3 is 6.03 Å². The van der Waals surface area contributed by atoms with Crippen molar-refractivity contribution in [3.05, 3.63) is 22.4 Å². The van der Waals surface area contributed by atoms with Gasteiger partial charge in [-0.25, -0.2) is 4.79 Å². The van der Waals surface area contributed by atoms with Crippen LogP contribution in [-0.2, 0) is 13.0 Å². The third kappa shape index (κ3) is 3.77. The molecular formula is C12H18N6OS. The number of carbonyl (C=O) groups is 1. The van der Waals surface area contributed by atoms with E-state index in [9.17, 15) is 4.79 Å².